The molecule has 0 radical (unpaired) electrons. The van der Waals surface area contributed by atoms with E-state index in [1.54, 1.807) is 24.5 Å². The van der Waals surface area contributed by atoms with Gasteiger partial charge in [0, 0.05) is 11.8 Å². The molecule has 0 amide bonds. The predicted octanol–water partition coefficient (Wildman–Crippen LogP) is 2.03. The number of aliphatic hydroxyl groups excluding tert-OH is 4. The summed E-state index contributed by atoms with van der Waals surface area (Å²) in [5.41, 5.74) is 3.28. The first-order valence-electron chi connectivity index (χ1n) is 11.0. The topological polar surface area (TPSA) is 130 Å². The molecule has 0 bridgehead atoms. The Morgan fingerprint density at radius 3 is 2.56 bits per heavy atom. The van der Waals surface area contributed by atoms with Gasteiger partial charge in [-0.3, -0.25) is 4.79 Å². The molecule has 1 aliphatic rings. The number of allylic oxidation sites excluding steroid dienone is 1. The first-order chi connectivity index (χ1) is 16.3. The van der Waals surface area contributed by atoms with Crippen LogP contribution in [0, 0.1) is 6.92 Å². The van der Waals surface area contributed by atoms with Crippen LogP contribution in [0.3, 0.4) is 0 Å². The van der Waals surface area contributed by atoms with E-state index in [1.807, 2.05) is 31.2 Å². The third-order valence-electron chi connectivity index (χ3n) is 6.11. The van der Waals surface area contributed by atoms with Gasteiger partial charge in [0.05, 0.1) is 31.6 Å². The minimum atomic E-state index is -1.49. The van der Waals surface area contributed by atoms with Gasteiger partial charge in [-0.1, -0.05) is 18.2 Å². The standard InChI is InChI=1S/C26H28O8/c1-14-9-17(12-21-24(29)26(31)25(30)22(13-27)34-21)23(20(10-14)32-2)18(28)5-3-15-4-6-19-16(11-15)7-8-33-19/h3-11,21-22,24-27,29-31H,12-13H2,1-2H3/b5-3+. The van der Waals surface area contributed by atoms with Crippen molar-refractivity contribution in [1.82, 2.24) is 0 Å². The number of fused-ring (bicyclic) bond motifs is 1. The minimum Gasteiger partial charge on any atom is -0.496 e. The number of furan rings is 1. The van der Waals surface area contributed by atoms with Gasteiger partial charge in [0.15, 0.2) is 5.78 Å². The summed E-state index contributed by atoms with van der Waals surface area (Å²) in [5, 5.41) is 41.1. The van der Waals surface area contributed by atoms with Crippen molar-refractivity contribution in [3.8, 4) is 5.75 Å². The molecule has 180 valence electrons. The summed E-state index contributed by atoms with van der Waals surface area (Å²) in [6.45, 7) is 1.33. The number of benzene rings is 2. The van der Waals surface area contributed by atoms with Gasteiger partial charge < -0.3 is 34.3 Å². The molecule has 3 aromatic rings. The van der Waals surface area contributed by atoms with Crippen molar-refractivity contribution in [2.75, 3.05) is 13.7 Å². The van der Waals surface area contributed by atoms with Crippen LogP contribution < -0.4 is 4.74 Å². The van der Waals surface area contributed by atoms with Crippen LogP contribution >= 0.6 is 0 Å². The van der Waals surface area contributed by atoms with Crippen molar-refractivity contribution < 1.29 is 39.1 Å². The van der Waals surface area contributed by atoms with E-state index in [1.165, 1.54) is 13.2 Å². The van der Waals surface area contributed by atoms with Crippen LogP contribution in [-0.4, -0.2) is 70.4 Å². The monoisotopic (exact) mass is 468 g/mol. The fourth-order valence-electron chi connectivity index (χ4n) is 4.34. The zero-order chi connectivity index (χ0) is 24.4. The van der Waals surface area contributed by atoms with E-state index >= 15 is 0 Å². The number of rotatable bonds is 7. The van der Waals surface area contributed by atoms with Gasteiger partial charge in [-0.15, -0.1) is 0 Å². The molecule has 8 heteroatoms. The number of ether oxygens (including phenoxy) is 2. The highest BCUT2D eigenvalue weighted by atomic mass is 16.5. The maximum Gasteiger partial charge on any atom is 0.189 e. The number of methoxy groups -OCH3 is 1. The summed E-state index contributed by atoms with van der Waals surface area (Å²) >= 11 is 0. The number of carbonyl (C=O) groups excluding carboxylic acids is 1. The van der Waals surface area contributed by atoms with Gasteiger partial charge >= 0.3 is 0 Å². The summed E-state index contributed by atoms with van der Waals surface area (Å²) in [4.78, 5) is 13.3. The molecule has 34 heavy (non-hydrogen) atoms. The lowest BCUT2D eigenvalue weighted by Gasteiger charge is -2.40. The average Bonchev–Trinajstić information content (AvgIpc) is 3.30. The van der Waals surface area contributed by atoms with Crippen molar-refractivity contribution in [2.24, 2.45) is 0 Å². The van der Waals surface area contributed by atoms with Crippen LogP contribution in [0.4, 0.5) is 0 Å². The van der Waals surface area contributed by atoms with Crippen LogP contribution in [0.25, 0.3) is 17.0 Å². The Labute approximate surface area is 196 Å². The Hall–Kier alpha value is -3.01. The fraction of sp³-hybridized carbons (Fsp3) is 0.346. The van der Waals surface area contributed by atoms with Crippen LogP contribution in [0.15, 0.2) is 53.2 Å². The predicted molar refractivity (Wildman–Crippen MR) is 125 cm³/mol. The van der Waals surface area contributed by atoms with Crippen LogP contribution in [0.2, 0.25) is 0 Å². The van der Waals surface area contributed by atoms with Crippen LogP contribution in [-0.2, 0) is 11.2 Å². The Kier molecular flexibility index (Phi) is 7.16. The minimum absolute atomic E-state index is 0.0649. The molecule has 4 N–H and O–H groups in total. The quantitative estimate of drug-likeness (QED) is 0.306. The summed E-state index contributed by atoms with van der Waals surface area (Å²) in [6, 6.07) is 11.0. The van der Waals surface area contributed by atoms with Crippen LogP contribution in [0.1, 0.15) is 27.0 Å². The summed E-state index contributed by atoms with van der Waals surface area (Å²) in [7, 11) is 1.47. The summed E-state index contributed by atoms with van der Waals surface area (Å²) in [6.07, 6.45) is -1.48. The van der Waals surface area contributed by atoms with Crippen molar-refractivity contribution in [3.63, 3.8) is 0 Å². The van der Waals surface area contributed by atoms with Crippen LogP contribution in [0.5, 0.6) is 5.75 Å². The second kappa shape index (κ2) is 10.1. The molecule has 2 heterocycles. The molecule has 1 aliphatic heterocycles. The lowest BCUT2D eigenvalue weighted by Crippen LogP contribution is -2.59. The van der Waals surface area contributed by atoms with E-state index in [2.05, 4.69) is 0 Å². The fourth-order valence-corrected chi connectivity index (χ4v) is 4.34. The van der Waals surface area contributed by atoms with E-state index in [4.69, 9.17) is 13.9 Å². The number of carbonyl (C=O) groups is 1. The molecular weight excluding hydrogens is 440 g/mol. The van der Waals surface area contributed by atoms with E-state index in [0.717, 1.165) is 22.1 Å². The maximum atomic E-state index is 13.3. The zero-order valence-electron chi connectivity index (χ0n) is 18.9. The second-order valence-electron chi connectivity index (χ2n) is 8.49. The van der Waals surface area contributed by atoms with Gasteiger partial charge in [0.2, 0.25) is 0 Å². The van der Waals surface area contributed by atoms with Gasteiger partial charge in [-0.25, -0.2) is 0 Å². The van der Waals surface area contributed by atoms with Crippen molar-refractivity contribution >= 4 is 22.8 Å². The highest BCUT2D eigenvalue weighted by Crippen LogP contribution is 2.30. The van der Waals surface area contributed by atoms with Gasteiger partial charge in [-0.2, -0.15) is 0 Å². The average molecular weight is 469 g/mol. The molecule has 5 unspecified atom stereocenters. The van der Waals surface area contributed by atoms with E-state index in [0.29, 0.717) is 16.9 Å². The Morgan fingerprint density at radius 2 is 1.82 bits per heavy atom. The molecule has 5 atom stereocenters. The van der Waals surface area contributed by atoms with E-state index in [-0.39, 0.29) is 12.2 Å². The Bertz CT molecular complexity index is 1190. The molecule has 8 nitrogen and oxygen atoms in total. The number of ketones is 1. The third-order valence-corrected chi connectivity index (χ3v) is 6.11. The molecule has 1 aromatic heterocycles. The number of aryl methyl sites for hydroxylation is 1. The molecular formula is C26H28O8. The Balaban J connectivity index is 1.64. The molecule has 0 saturated carbocycles. The van der Waals surface area contributed by atoms with Crippen molar-refractivity contribution in [2.45, 2.75) is 43.9 Å². The first kappa shape index (κ1) is 24.1. The smallest absolute Gasteiger partial charge is 0.189 e. The molecule has 4 rings (SSSR count). The Morgan fingerprint density at radius 1 is 1.06 bits per heavy atom. The normalized spacial score (nSPS) is 25.2. The lowest BCUT2D eigenvalue weighted by atomic mass is 9.88. The molecule has 2 aromatic carbocycles. The highest BCUT2D eigenvalue weighted by Gasteiger charge is 2.43. The van der Waals surface area contributed by atoms with E-state index < -0.39 is 37.1 Å². The third kappa shape index (κ3) is 4.77. The summed E-state index contributed by atoms with van der Waals surface area (Å²) in [5.74, 6) is 0.0725. The van der Waals surface area contributed by atoms with Crippen molar-refractivity contribution in [3.05, 3.63) is 71.0 Å². The van der Waals surface area contributed by atoms with E-state index in [9.17, 15) is 25.2 Å². The molecule has 1 fully saturated rings. The maximum absolute atomic E-state index is 13.3. The number of aliphatic hydroxyl groups is 4. The molecule has 0 spiro atoms. The molecule has 1 saturated heterocycles. The number of hydrogen-bond donors (Lipinski definition) is 4. The zero-order valence-corrected chi connectivity index (χ0v) is 18.9. The van der Waals surface area contributed by atoms with Gasteiger partial charge in [-0.05, 0) is 54.0 Å². The number of hydrogen-bond acceptors (Lipinski definition) is 8. The van der Waals surface area contributed by atoms with Gasteiger partial charge in [0.25, 0.3) is 0 Å². The van der Waals surface area contributed by atoms with Crippen molar-refractivity contribution in [1.29, 1.82) is 0 Å². The largest absolute Gasteiger partial charge is 0.496 e. The molecule has 0 aliphatic carbocycles. The van der Waals surface area contributed by atoms with Gasteiger partial charge in [0.1, 0.15) is 35.7 Å². The summed E-state index contributed by atoms with van der Waals surface area (Å²) < 4.78 is 16.5. The SMILES string of the molecule is COc1cc(C)cc(CC2OC(CO)C(O)C(O)C2O)c1C(=O)/C=C/c1ccc2occc2c1. The lowest BCUT2D eigenvalue weighted by molar-refractivity contribution is -0.228. The first-order valence-corrected chi connectivity index (χ1v) is 11.0. The second-order valence-corrected chi connectivity index (χ2v) is 8.49. The highest BCUT2D eigenvalue weighted by molar-refractivity contribution is 6.10.